The second-order valence-corrected chi connectivity index (χ2v) is 13.1. The SMILES string of the molecule is COC(=O)c1ccc2nc(-c3ccccc3)c(N3CCC[C@H]3CO)nc2c1.O=C(O)c1ccc2nc(-c3ccccc3)c(N3CCC[C@H]3CO)nc2c1. The number of anilines is 2. The number of hydrogen-bond acceptors (Lipinski definition) is 11. The van der Waals surface area contributed by atoms with Gasteiger partial charge in [0.1, 0.15) is 11.4 Å². The van der Waals surface area contributed by atoms with Crippen molar-refractivity contribution in [1.82, 2.24) is 19.9 Å². The summed E-state index contributed by atoms with van der Waals surface area (Å²) >= 11 is 0. The lowest BCUT2D eigenvalue weighted by atomic mass is 10.1. The Hall–Kier alpha value is -5.98. The summed E-state index contributed by atoms with van der Waals surface area (Å²) in [5.74, 6) is 0.0497. The minimum atomic E-state index is -0.989. The molecular weight excluding hydrogens is 672 g/mol. The maximum atomic E-state index is 11.9. The summed E-state index contributed by atoms with van der Waals surface area (Å²) in [5, 5.41) is 28.7. The quantitative estimate of drug-likeness (QED) is 0.158. The van der Waals surface area contributed by atoms with Crippen LogP contribution < -0.4 is 9.80 Å². The van der Waals surface area contributed by atoms with Gasteiger partial charge in [0.15, 0.2) is 11.6 Å². The number of carboxylic acids is 1. The van der Waals surface area contributed by atoms with Crippen LogP contribution >= 0.6 is 0 Å². The molecule has 12 nitrogen and oxygen atoms in total. The molecule has 0 radical (unpaired) electrons. The molecule has 2 saturated heterocycles. The fraction of sp³-hybridized carbons (Fsp3) is 0.268. The highest BCUT2D eigenvalue weighted by atomic mass is 16.5. The van der Waals surface area contributed by atoms with Gasteiger partial charge < -0.3 is 29.9 Å². The van der Waals surface area contributed by atoms with E-state index in [2.05, 4.69) is 9.80 Å². The first-order valence-corrected chi connectivity index (χ1v) is 17.7. The van der Waals surface area contributed by atoms with E-state index in [9.17, 15) is 24.9 Å². The Bertz CT molecular complexity index is 2250. The maximum absolute atomic E-state index is 11.9. The second kappa shape index (κ2) is 15.7. The Labute approximate surface area is 306 Å². The van der Waals surface area contributed by atoms with E-state index >= 15 is 0 Å². The van der Waals surface area contributed by atoms with Gasteiger partial charge in [-0.15, -0.1) is 0 Å². The molecule has 4 aromatic carbocycles. The lowest BCUT2D eigenvalue weighted by Gasteiger charge is -2.26. The highest BCUT2D eigenvalue weighted by Crippen LogP contribution is 2.35. The molecule has 2 fully saturated rings. The Morgan fingerprint density at radius 3 is 1.53 bits per heavy atom. The van der Waals surface area contributed by atoms with Crippen LogP contribution in [0.15, 0.2) is 97.1 Å². The predicted octanol–water partition coefficient (Wildman–Crippen LogP) is 6.00. The molecule has 0 bridgehead atoms. The normalized spacial score (nSPS) is 16.8. The number of nitrogens with zero attached hydrogens (tertiary/aromatic N) is 6. The van der Waals surface area contributed by atoms with Gasteiger partial charge in [-0.25, -0.2) is 29.5 Å². The number of carbonyl (C=O) groups is 2. The summed E-state index contributed by atoms with van der Waals surface area (Å²) in [6, 6.07) is 29.7. The molecule has 2 aliphatic rings. The number of aliphatic hydroxyl groups excluding tert-OH is 2. The zero-order valence-corrected chi connectivity index (χ0v) is 29.3. The highest BCUT2D eigenvalue weighted by molar-refractivity contribution is 5.95. The van der Waals surface area contributed by atoms with Crippen LogP contribution in [0.1, 0.15) is 46.4 Å². The van der Waals surface area contributed by atoms with Crippen molar-refractivity contribution in [3.8, 4) is 22.5 Å². The standard InChI is InChI=1S/C21H21N3O3.C20H19N3O3/c1-27-21(26)15-9-10-17-18(12-15)23-20(24-11-5-8-16(24)13-25)19(22-17)14-6-3-2-4-7-14;24-12-15-7-4-10-23(15)19-18(13-5-2-1-3-6-13)21-16-9-8-14(20(25)26)11-17(16)22-19/h2-4,6-7,9-10,12,16,25H,5,8,11,13H2,1H3;1-3,5-6,8-9,11,15,24H,4,7,10,12H2,(H,25,26)/t16-;15-/m00/s1. The summed E-state index contributed by atoms with van der Waals surface area (Å²) < 4.78 is 4.81. The lowest BCUT2D eigenvalue weighted by molar-refractivity contribution is 0.0600. The van der Waals surface area contributed by atoms with E-state index in [4.69, 9.17) is 24.7 Å². The first-order valence-electron chi connectivity index (χ1n) is 17.7. The van der Waals surface area contributed by atoms with Crippen molar-refractivity contribution in [2.24, 2.45) is 0 Å². The number of carboxylic acid groups (broad SMARTS) is 1. The van der Waals surface area contributed by atoms with Gasteiger partial charge in [-0.05, 0) is 62.1 Å². The Balaban J connectivity index is 0.000000164. The van der Waals surface area contributed by atoms with Crippen LogP contribution in [0.3, 0.4) is 0 Å². The van der Waals surface area contributed by atoms with Gasteiger partial charge >= 0.3 is 11.9 Å². The molecule has 0 spiro atoms. The van der Waals surface area contributed by atoms with Crippen LogP contribution in [0, 0.1) is 0 Å². The van der Waals surface area contributed by atoms with Gasteiger partial charge in [0.25, 0.3) is 0 Å². The molecule has 2 aliphatic heterocycles. The van der Waals surface area contributed by atoms with Crippen molar-refractivity contribution in [2.45, 2.75) is 37.8 Å². The fourth-order valence-electron chi connectivity index (χ4n) is 7.06. The van der Waals surface area contributed by atoms with E-state index in [1.165, 1.54) is 7.11 Å². The number of rotatable bonds is 8. The molecule has 0 amide bonds. The molecule has 0 unspecified atom stereocenters. The Kier molecular flexibility index (Phi) is 10.5. The molecule has 3 N–H and O–H groups in total. The molecule has 8 rings (SSSR count). The first-order chi connectivity index (χ1) is 25.9. The van der Waals surface area contributed by atoms with E-state index in [-0.39, 0.29) is 30.9 Å². The van der Waals surface area contributed by atoms with Crippen molar-refractivity contribution in [3.63, 3.8) is 0 Å². The molecule has 0 aliphatic carbocycles. The number of benzene rings is 4. The summed E-state index contributed by atoms with van der Waals surface area (Å²) in [5.41, 5.74) is 6.63. The van der Waals surface area contributed by atoms with Crippen molar-refractivity contribution >= 4 is 45.6 Å². The van der Waals surface area contributed by atoms with Gasteiger partial charge in [0.05, 0.1) is 65.6 Å². The zero-order chi connectivity index (χ0) is 36.9. The molecular formula is C41H40N6O6. The number of aromatic carboxylic acids is 1. The van der Waals surface area contributed by atoms with E-state index in [0.717, 1.165) is 67.1 Å². The molecule has 2 atom stereocenters. The largest absolute Gasteiger partial charge is 0.478 e. The van der Waals surface area contributed by atoms with Crippen LogP contribution in [0.5, 0.6) is 0 Å². The van der Waals surface area contributed by atoms with E-state index in [1.54, 1.807) is 36.4 Å². The third kappa shape index (κ3) is 7.37. The summed E-state index contributed by atoms with van der Waals surface area (Å²) in [4.78, 5) is 46.6. The minimum Gasteiger partial charge on any atom is -0.478 e. The van der Waals surface area contributed by atoms with Crippen molar-refractivity contribution in [2.75, 3.05) is 43.2 Å². The topological polar surface area (TPSA) is 162 Å². The number of fused-ring (bicyclic) bond motifs is 2. The van der Waals surface area contributed by atoms with Gasteiger partial charge in [-0.3, -0.25) is 0 Å². The predicted molar refractivity (Wildman–Crippen MR) is 203 cm³/mol. The van der Waals surface area contributed by atoms with E-state index < -0.39 is 11.9 Å². The minimum absolute atomic E-state index is 0.00636. The summed E-state index contributed by atoms with van der Waals surface area (Å²) in [6.07, 6.45) is 3.81. The number of hydrogen-bond donors (Lipinski definition) is 3. The third-order valence-electron chi connectivity index (χ3n) is 9.77. The van der Waals surface area contributed by atoms with Crippen LogP contribution in [-0.4, -0.2) is 92.7 Å². The lowest BCUT2D eigenvalue weighted by Crippen LogP contribution is -2.33. The monoisotopic (exact) mass is 712 g/mol. The molecule has 12 heteroatoms. The highest BCUT2D eigenvalue weighted by Gasteiger charge is 2.30. The molecule has 270 valence electrons. The Morgan fingerprint density at radius 2 is 1.09 bits per heavy atom. The van der Waals surface area contributed by atoms with Crippen LogP contribution in [0.4, 0.5) is 11.6 Å². The smallest absolute Gasteiger partial charge is 0.337 e. The third-order valence-corrected chi connectivity index (χ3v) is 9.77. The van der Waals surface area contributed by atoms with Crippen molar-refractivity contribution in [1.29, 1.82) is 0 Å². The zero-order valence-electron chi connectivity index (χ0n) is 29.3. The van der Waals surface area contributed by atoms with Gasteiger partial charge in [0, 0.05) is 24.2 Å². The van der Waals surface area contributed by atoms with Crippen LogP contribution in [0.25, 0.3) is 44.6 Å². The molecule has 4 heterocycles. The average Bonchev–Trinajstić information content (AvgIpc) is 3.90. The summed E-state index contributed by atoms with van der Waals surface area (Å²) in [7, 11) is 1.36. The fourth-order valence-corrected chi connectivity index (χ4v) is 7.06. The molecule has 0 saturated carbocycles. The number of aliphatic hydroxyl groups is 2. The number of carbonyl (C=O) groups excluding carboxylic acids is 1. The number of aromatic nitrogens is 4. The molecule has 2 aromatic heterocycles. The molecule has 53 heavy (non-hydrogen) atoms. The summed E-state index contributed by atoms with van der Waals surface area (Å²) in [6.45, 7) is 1.76. The van der Waals surface area contributed by atoms with Crippen molar-refractivity contribution < 1.29 is 29.6 Å². The number of esters is 1. The van der Waals surface area contributed by atoms with Gasteiger partial charge in [-0.1, -0.05) is 60.7 Å². The van der Waals surface area contributed by atoms with Crippen molar-refractivity contribution in [3.05, 3.63) is 108 Å². The number of ether oxygens (including phenoxy) is 1. The van der Waals surface area contributed by atoms with Gasteiger partial charge in [0.2, 0.25) is 0 Å². The Morgan fingerprint density at radius 1 is 0.642 bits per heavy atom. The second-order valence-electron chi connectivity index (χ2n) is 13.1. The van der Waals surface area contributed by atoms with Gasteiger partial charge in [-0.2, -0.15) is 0 Å². The first kappa shape index (κ1) is 35.4. The van der Waals surface area contributed by atoms with Crippen LogP contribution in [0.2, 0.25) is 0 Å². The average molecular weight is 713 g/mol. The maximum Gasteiger partial charge on any atom is 0.337 e. The molecule has 6 aromatic rings. The van der Waals surface area contributed by atoms with E-state index in [1.807, 2.05) is 60.7 Å². The number of methoxy groups -OCH3 is 1. The van der Waals surface area contributed by atoms with Crippen LogP contribution in [-0.2, 0) is 4.74 Å². The van der Waals surface area contributed by atoms with E-state index in [0.29, 0.717) is 33.4 Å².